The SMILES string of the molecule is COc1cc(C(=O)Nc2ccc(C(=O)N/N=C\c3ccc(C)cc3)cc2)cc(OC)c1OC. The van der Waals surface area contributed by atoms with Crippen molar-refractivity contribution in [1.82, 2.24) is 5.43 Å². The maximum Gasteiger partial charge on any atom is 0.271 e. The number of benzene rings is 3. The molecule has 0 aromatic heterocycles. The predicted octanol–water partition coefficient (Wildman–Crippen LogP) is 4.04. The Balaban J connectivity index is 1.64. The molecule has 2 N–H and O–H groups in total. The van der Waals surface area contributed by atoms with Crippen molar-refractivity contribution in [1.29, 1.82) is 0 Å². The van der Waals surface area contributed by atoms with Gasteiger partial charge in [0.2, 0.25) is 5.75 Å². The van der Waals surface area contributed by atoms with Crippen molar-refractivity contribution in [2.24, 2.45) is 5.10 Å². The van der Waals surface area contributed by atoms with E-state index in [4.69, 9.17) is 14.2 Å². The van der Waals surface area contributed by atoms with Crippen LogP contribution >= 0.6 is 0 Å². The Bertz CT molecular complexity index is 1130. The summed E-state index contributed by atoms with van der Waals surface area (Å²) in [6.45, 7) is 2.00. The zero-order valence-corrected chi connectivity index (χ0v) is 18.8. The summed E-state index contributed by atoms with van der Waals surface area (Å²) < 4.78 is 15.8. The van der Waals surface area contributed by atoms with Gasteiger partial charge in [-0.3, -0.25) is 9.59 Å². The van der Waals surface area contributed by atoms with Crippen LogP contribution in [0.2, 0.25) is 0 Å². The summed E-state index contributed by atoms with van der Waals surface area (Å²) in [6, 6.07) is 17.3. The van der Waals surface area contributed by atoms with E-state index in [0.717, 1.165) is 11.1 Å². The fourth-order valence-electron chi connectivity index (χ4n) is 3.00. The largest absolute Gasteiger partial charge is 0.493 e. The van der Waals surface area contributed by atoms with E-state index in [1.54, 1.807) is 42.6 Å². The van der Waals surface area contributed by atoms with Crippen molar-refractivity contribution in [2.75, 3.05) is 26.6 Å². The van der Waals surface area contributed by atoms with Crippen LogP contribution in [0.3, 0.4) is 0 Å². The number of nitrogens with zero attached hydrogens (tertiary/aromatic N) is 1. The van der Waals surface area contributed by atoms with Crippen LogP contribution in [0.1, 0.15) is 31.8 Å². The van der Waals surface area contributed by atoms with E-state index in [9.17, 15) is 9.59 Å². The van der Waals surface area contributed by atoms with Crippen molar-refractivity contribution in [2.45, 2.75) is 6.92 Å². The number of hydrazone groups is 1. The average Bonchev–Trinajstić information content (AvgIpc) is 2.84. The zero-order chi connectivity index (χ0) is 23.8. The molecule has 0 aliphatic rings. The molecule has 0 radical (unpaired) electrons. The fourth-order valence-corrected chi connectivity index (χ4v) is 3.00. The number of methoxy groups -OCH3 is 3. The second-order valence-electron chi connectivity index (χ2n) is 7.06. The Labute approximate surface area is 192 Å². The number of nitrogens with one attached hydrogen (secondary N) is 2. The molecular weight excluding hydrogens is 422 g/mol. The third-order valence-corrected chi connectivity index (χ3v) is 4.79. The first-order valence-corrected chi connectivity index (χ1v) is 10.1. The molecule has 0 fully saturated rings. The first kappa shape index (κ1) is 23.3. The standard InChI is InChI=1S/C25H25N3O5/c1-16-5-7-17(8-6-16)15-26-28-25(30)18-9-11-20(12-10-18)27-24(29)19-13-21(31-2)23(33-4)22(14-19)32-3/h5-15H,1-4H3,(H,27,29)(H,28,30)/b26-15-. The molecule has 0 spiro atoms. The molecule has 0 atom stereocenters. The van der Waals surface area contributed by atoms with E-state index in [0.29, 0.717) is 34.1 Å². The van der Waals surface area contributed by atoms with Gasteiger partial charge in [-0.05, 0) is 48.9 Å². The van der Waals surface area contributed by atoms with Gasteiger partial charge in [-0.2, -0.15) is 5.10 Å². The molecule has 0 saturated heterocycles. The quantitative estimate of drug-likeness (QED) is 0.401. The lowest BCUT2D eigenvalue weighted by Crippen LogP contribution is -2.18. The minimum absolute atomic E-state index is 0.330. The predicted molar refractivity (Wildman–Crippen MR) is 127 cm³/mol. The van der Waals surface area contributed by atoms with Gasteiger partial charge >= 0.3 is 0 Å². The van der Waals surface area contributed by atoms with E-state index in [2.05, 4.69) is 15.8 Å². The molecule has 2 amide bonds. The van der Waals surface area contributed by atoms with Gasteiger partial charge in [0.25, 0.3) is 11.8 Å². The number of hydrogen-bond donors (Lipinski definition) is 2. The van der Waals surface area contributed by atoms with Crippen LogP contribution in [-0.4, -0.2) is 39.4 Å². The third kappa shape index (κ3) is 5.88. The van der Waals surface area contributed by atoms with Crippen LogP contribution in [0.25, 0.3) is 0 Å². The van der Waals surface area contributed by atoms with Gasteiger partial charge in [0.15, 0.2) is 11.5 Å². The first-order valence-electron chi connectivity index (χ1n) is 10.1. The Kier molecular flexibility index (Phi) is 7.64. The number of ether oxygens (including phenoxy) is 3. The summed E-state index contributed by atoms with van der Waals surface area (Å²) in [5, 5.41) is 6.76. The number of carbonyl (C=O) groups excluding carboxylic acids is 2. The topological polar surface area (TPSA) is 98.2 Å². The number of carbonyl (C=O) groups is 2. The molecule has 170 valence electrons. The lowest BCUT2D eigenvalue weighted by molar-refractivity contribution is 0.0954. The summed E-state index contributed by atoms with van der Waals surface area (Å²) in [6.07, 6.45) is 1.57. The second-order valence-corrected chi connectivity index (χ2v) is 7.06. The number of anilines is 1. The van der Waals surface area contributed by atoms with Crippen molar-refractivity contribution in [3.05, 3.63) is 82.9 Å². The molecular formula is C25H25N3O5. The Morgan fingerprint density at radius 1 is 0.788 bits per heavy atom. The van der Waals surface area contributed by atoms with E-state index in [1.165, 1.54) is 21.3 Å². The molecule has 3 aromatic rings. The third-order valence-electron chi connectivity index (χ3n) is 4.79. The summed E-state index contributed by atoms with van der Waals surface area (Å²) in [7, 11) is 4.45. The highest BCUT2D eigenvalue weighted by atomic mass is 16.5. The van der Waals surface area contributed by atoms with Crippen LogP contribution in [0.5, 0.6) is 17.2 Å². The number of rotatable bonds is 8. The molecule has 0 saturated carbocycles. The normalized spacial score (nSPS) is 10.5. The molecule has 8 nitrogen and oxygen atoms in total. The highest BCUT2D eigenvalue weighted by molar-refractivity contribution is 6.05. The van der Waals surface area contributed by atoms with Crippen LogP contribution in [0.4, 0.5) is 5.69 Å². The van der Waals surface area contributed by atoms with Crippen molar-refractivity contribution < 1.29 is 23.8 Å². The summed E-state index contributed by atoms with van der Waals surface area (Å²) in [5.41, 5.74) is 5.77. The highest BCUT2D eigenvalue weighted by Crippen LogP contribution is 2.38. The Morgan fingerprint density at radius 2 is 1.39 bits per heavy atom. The molecule has 0 bridgehead atoms. The highest BCUT2D eigenvalue weighted by Gasteiger charge is 2.17. The van der Waals surface area contributed by atoms with Crippen molar-refractivity contribution in [3.8, 4) is 17.2 Å². The maximum atomic E-state index is 12.7. The zero-order valence-electron chi connectivity index (χ0n) is 18.8. The van der Waals surface area contributed by atoms with E-state index in [-0.39, 0.29) is 11.8 Å². The lowest BCUT2D eigenvalue weighted by Gasteiger charge is -2.14. The molecule has 0 unspecified atom stereocenters. The Hall–Kier alpha value is -4.33. The Morgan fingerprint density at radius 3 is 1.94 bits per heavy atom. The molecule has 33 heavy (non-hydrogen) atoms. The monoisotopic (exact) mass is 447 g/mol. The van der Waals surface area contributed by atoms with E-state index >= 15 is 0 Å². The summed E-state index contributed by atoms with van der Waals surface area (Å²) >= 11 is 0. The molecule has 3 rings (SSSR count). The summed E-state index contributed by atoms with van der Waals surface area (Å²) in [5.74, 6) is 0.424. The van der Waals surface area contributed by atoms with Gasteiger partial charge in [-0.25, -0.2) is 5.43 Å². The van der Waals surface area contributed by atoms with Crippen LogP contribution < -0.4 is 25.0 Å². The van der Waals surface area contributed by atoms with Crippen molar-refractivity contribution in [3.63, 3.8) is 0 Å². The minimum atomic E-state index is -0.367. The minimum Gasteiger partial charge on any atom is -0.493 e. The number of aryl methyl sites for hydroxylation is 1. The second kappa shape index (κ2) is 10.8. The first-order chi connectivity index (χ1) is 15.9. The van der Waals surface area contributed by atoms with E-state index < -0.39 is 0 Å². The lowest BCUT2D eigenvalue weighted by atomic mass is 10.1. The van der Waals surface area contributed by atoms with Gasteiger partial charge < -0.3 is 19.5 Å². The van der Waals surface area contributed by atoms with Crippen LogP contribution in [-0.2, 0) is 0 Å². The van der Waals surface area contributed by atoms with Gasteiger partial charge in [0, 0.05) is 16.8 Å². The fraction of sp³-hybridized carbons (Fsp3) is 0.160. The van der Waals surface area contributed by atoms with Gasteiger partial charge in [-0.1, -0.05) is 29.8 Å². The molecule has 3 aromatic carbocycles. The van der Waals surface area contributed by atoms with Gasteiger partial charge in [-0.15, -0.1) is 0 Å². The molecule has 0 aliphatic heterocycles. The maximum absolute atomic E-state index is 12.7. The van der Waals surface area contributed by atoms with Crippen LogP contribution in [0.15, 0.2) is 65.8 Å². The van der Waals surface area contributed by atoms with Crippen molar-refractivity contribution >= 4 is 23.7 Å². The number of hydrogen-bond acceptors (Lipinski definition) is 6. The average molecular weight is 447 g/mol. The van der Waals surface area contributed by atoms with Gasteiger partial charge in [0.1, 0.15) is 0 Å². The number of amides is 2. The molecule has 0 aliphatic carbocycles. The molecule has 0 heterocycles. The molecule has 8 heteroatoms. The van der Waals surface area contributed by atoms with Gasteiger partial charge in [0.05, 0.1) is 27.5 Å². The van der Waals surface area contributed by atoms with Crippen LogP contribution in [0, 0.1) is 6.92 Å². The van der Waals surface area contributed by atoms with E-state index in [1.807, 2.05) is 31.2 Å². The smallest absolute Gasteiger partial charge is 0.271 e. The summed E-state index contributed by atoms with van der Waals surface area (Å²) in [4.78, 5) is 25.0.